The first-order valence-electron chi connectivity index (χ1n) is 6.32. The lowest BCUT2D eigenvalue weighted by Gasteiger charge is -2.03. The van der Waals surface area contributed by atoms with Crippen LogP contribution in [-0.2, 0) is 0 Å². The number of carbonyl (C=O) groups is 1. The predicted octanol–water partition coefficient (Wildman–Crippen LogP) is 3.51. The zero-order chi connectivity index (χ0) is 16.1. The third-order valence-electron chi connectivity index (χ3n) is 2.91. The van der Waals surface area contributed by atoms with Crippen LogP contribution in [0.15, 0.2) is 58.1 Å². The Labute approximate surface area is 135 Å². The van der Waals surface area contributed by atoms with E-state index >= 15 is 0 Å². The number of nitro benzene ring substituents is 1. The summed E-state index contributed by atoms with van der Waals surface area (Å²) in [5.74, 6) is -0.427. The van der Waals surface area contributed by atoms with E-state index in [1.165, 1.54) is 24.3 Å². The fourth-order valence-corrected chi connectivity index (χ4v) is 2.11. The quantitative estimate of drug-likeness (QED) is 0.513. The average molecular weight is 362 g/mol. The van der Waals surface area contributed by atoms with Gasteiger partial charge in [-0.1, -0.05) is 28.1 Å². The van der Waals surface area contributed by atoms with E-state index < -0.39 is 10.8 Å². The fraction of sp³-hybridized carbons (Fsp3) is 0.0667. The highest BCUT2D eigenvalue weighted by atomic mass is 79.9. The van der Waals surface area contributed by atoms with Crippen molar-refractivity contribution in [3.63, 3.8) is 0 Å². The molecule has 1 amide bonds. The maximum Gasteiger partial charge on any atom is 0.271 e. The molecule has 2 aromatic rings. The topological polar surface area (TPSA) is 84.6 Å². The minimum absolute atomic E-state index is 0.0645. The Hall–Kier alpha value is -2.54. The number of carbonyl (C=O) groups excluding carboxylic acids is 1. The molecule has 0 aliphatic rings. The van der Waals surface area contributed by atoms with Crippen LogP contribution in [0.1, 0.15) is 22.8 Å². The third-order valence-corrected chi connectivity index (χ3v) is 3.40. The fourth-order valence-electron chi connectivity index (χ4n) is 1.71. The Morgan fingerprint density at radius 3 is 2.45 bits per heavy atom. The second-order valence-corrected chi connectivity index (χ2v) is 5.37. The van der Waals surface area contributed by atoms with Crippen molar-refractivity contribution in [3.05, 3.63) is 74.2 Å². The van der Waals surface area contributed by atoms with Gasteiger partial charge in [-0.05, 0) is 36.8 Å². The zero-order valence-electron chi connectivity index (χ0n) is 11.6. The Morgan fingerprint density at radius 2 is 1.86 bits per heavy atom. The molecule has 0 saturated heterocycles. The van der Waals surface area contributed by atoms with Crippen molar-refractivity contribution in [2.75, 3.05) is 0 Å². The molecule has 0 aliphatic carbocycles. The minimum atomic E-state index is -0.517. The smallest absolute Gasteiger partial charge is 0.267 e. The van der Waals surface area contributed by atoms with Crippen LogP contribution in [0.3, 0.4) is 0 Å². The number of nitrogens with zero attached hydrogens (tertiary/aromatic N) is 2. The first kappa shape index (κ1) is 15.8. The van der Waals surface area contributed by atoms with Crippen LogP contribution in [0.2, 0.25) is 0 Å². The average Bonchev–Trinajstić information content (AvgIpc) is 2.52. The maximum absolute atomic E-state index is 11.9. The van der Waals surface area contributed by atoms with Crippen LogP contribution in [-0.4, -0.2) is 16.5 Å². The number of amides is 1. The summed E-state index contributed by atoms with van der Waals surface area (Å²) in [4.78, 5) is 22.0. The number of benzene rings is 2. The summed E-state index contributed by atoms with van der Waals surface area (Å²) in [7, 11) is 0. The molecule has 0 atom stereocenters. The molecule has 0 heterocycles. The van der Waals surface area contributed by atoms with Gasteiger partial charge in [0.15, 0.2) is 0 Å². The Balaban J connectivity index is 2.08. The first-order chi connectivity index (χ1) is 10.5. The SMILES string of the molecule is C/C(=N\NC(=O)c1ccc([N+](=O)[O-])cc1)c1cccc(Br)c1. The molecule has 0 fully saturated rings. The van der Waals surface area contributed by atoms with E-state index in [0.29, 0.717) is 11.3 Å². The minimum Gasteiger partial charge on any atom is -0.267 e. The van der Waals surface area contributed by atoms with E-state index in [1.54, 1.807) is 6.92 Å². The first-order valence-corrected chi connectivity index (χ1v) is 7.11. The largest absolute Gasteiger partial charge is 0.271 e. The Morgan fingerprint density at radius 1 is 1.18 bits per heavy atom. The molecule has 0 radical (unpaired) electrons. The van der Waals surface area contributed by atoms with Crippen LogP contribution in [0.5, 0.6) is 0 Å². The molecule has 0 aliphatic heterocycles. The molecule has 0 spiro atoms. The second-order valence-electron chi connectivity index (χ2n) is 4.45. The lowest BCUT2D eigenvalue weighted by atomic mass is 10.1. The predicted molar refractivity (Wildman–Crippen MR) is 86.9 cm³/mol. The molecule has 22 heavy (non-hydrogen) atoms. The molecule has 6 nitrogen and oxygen atoms in total. The van der Waals surface area contributed by atoms with Crippen LogP contribution in [0.25, 0.3) is 0 Å². The summed E-state index contributed by atoms with van der Waals surface area (Å²) in [6.07, 6.45) is 0. The van der Waals surface area contributed by atoms with Gasteiger partial charge in [0.05, 0.1) is 10.6 Å². The van der Waals surface area contributed by atoms with Gasteiger partial charge >= 0.3 is 0 Å². The van der Waals surface area contributed by atoms with Crippen molar-refractivity contribution in [2.24, 2.45) is 5.10 Å². The molecular formula is C15H12BrN3O3. The maximum atomic E-state index is 11.9. The summed E-state index contributed by atoms with van der Waals surface area (Å²) in [6, 6.07) is 12.9. The van der Waals surface area contributed by atoms with E-state index in [1.807, 2.05) is 24.3 Å². The molecule has 7 heteroatoms. The number of nitro groups is 1. The molecule has 112 valence electrons. The number of nitrogens with one attached hydrogen (secondary N) is 1. The van der Waals surface area contributed by atoms with Gasteiger partial charge in [-0.3, -0.25) is 14.9 Å². The van der Waals surface area contributed by atoms with E-state index in [0.717, 1.165) is 10.0 Å². The number of rotatable bonds is 4. The van der Waals surface area contributed by atoms with Gasteiger partial charge in [-0.2, -0.15) is 5.10 Å². The van der Waals surface area contributed by atoms with Gasteiger partial charge in [0, 0.05) is 22.2 Å². The van der Waals surface area contributed by atoms with Crippen LogP contribution >= 0.6 is 15.9 Å². The van der Waals surface area contributed by atoms with Crippen molar-refractivity contribution < 1.29 is 9.72 Å². The molecule has 0 aromatic heterocycles. The van der Waals surface area contributed by atoms with Gasteiger partial charge in [-0.15, -0.1) is 0 Å². The van der Waals surface area contributed by atoms with E-state index in [-0.39, 0.29) is 5.69 Å². The zero-order valence-corrected chi connectivity index (χ0v) is 13.2. The van der Waals surface area contributed by atoms with Crippen LogP contribution in [0.4, 0.5) is 5.69 Å². The van der Waals surface area contributed by atoms with Gasteiger partial charge in [0.2, 0.25) is 0 Å². The Bertz CT molecular complexity index is 742. The number of non-ortho nitro benzene ring substituents is 1. The summed E-state index contributed by atoms with van der Waals surface area (Å²) in [6.45, 7) is 1.78. The molecule has 1 N–H and O–H groups in total. The van der Waals surface area contributed by atoms with Gasteiger partial charge in [0.25, 0.3) is 11.6 Å². The lowest BCUT2D eigenvalue weighted by Crippen LogP contribution is -2.19. The Kier molecular flexibility index (Phi) is 5.00. The van der Waals surface area contributed by atoms with Crippen LogP contribution in [0, 0.1) is 10.1 Å². The third kappa shape index (κ3) is 3.98. The number of hydrogen-bond acceptors (Lipinski definition) is 4. The molecule has 0 bridgehead atoms. The molecule has 2 rings (SSSR count). The summed E-state index contributed by atoms with van der Waals surface area (Å²) < 4.78 is 0.918. The highest BCUT2D eigenvalue weighted by Gasteiger charge is 2.09. The molecule has 2 aromatic carbocycles. The van der Waals surface area contributed by atoms with Gasteiger partial charge in [-0.25, -0.2) is 5.43 Å². The lowest BCUT2D eigenvalue weighted by molar-refractivity contribution is -0.384. The molecule has 0 saturated carbocycles. The normalized spacial score (nSPS) is 11.1. The van der Waals surface area contributed by atoms with Crippen molar-refractivity contribution >= 4 is 33.2 Å². The van der Waals surface area contributed by atoms with Gasteiger partial charge < -0.3 is 0 Å². The summed E-state index contributed by atoms with van der Waals surface area (Å²) in [5.41, 5.74) is 4.19. The van der Waals surface area contributed by atoms with Crippen LogP contribution < -0.4 is 5.43 Å². The highest BCUT2D eigenvalue weighted by molar-refractivity contribution is 9.10. The number of hydrogen-bond donors (Lipinski definition) is 1. The van der Waals surface area contributed by atoms with E-state index in [4.69, 9.17) is 0 Å². The number of halogens is 1. The number of hydrazone groups is 1. The van der Waals surface area contributed by atoms with Crippen molar-refractivity contribution in [3.8, 4) is 0 Å². The molecular weight excluding hydrogens is 350 g/mol. The van der Waals surface area contributed by atoms with Crippen molar-refractivity contribution in [2.45, 2.75) is 6.92 Å². The van der Waals surface area contributed by atoms with Gasteiger partial charge in [0.1, 0.15) is 0 Å². The monoisotopic (exact) mass is 361 g/mol. The molecule has 0 unspecified atom stereocenters. The second kappa shape index (κ2) is 6.95. The van der Waals surface area contributed by atoms with E-state index in [2.05, 4.69) is 26.5 Å². The highest BCUT2D eigenvalue weighted by Crippen LogP contribution is 2.13. The summed E-state index contributed by atoms with van der Waals surface area (Å²) >= 11 is 3.37. The summed E-state index contributed by atoms with van der Waals surface area (Å²) in [5, 5.41) is 14.6. The van der Waals surface area contributed by atoms with Crippen molar-refractivity contribution in [1.82, 2.24) is 5.43 Å². The van der Waals surface area contributed by atoms with E-state index in [9.17, 15) is 14.9 Å². The standard InChI is InChI=1S/C15H12BrN3O3/c1-10(12-3-2-4-13(16)9-12)17-18-15(20)11-5-7-14(8-6-11)19(21)22/h2-9H,1H3,(H,18,20)/b17-10+. The van der Waals surface area contributed by atoms with Crippen molar-refractivity contribution in [1.29, 1.82) is 0 Å².